The van der Waals surface area contributed by atoms with Gasteiger partial charge in [0.1, 0.15) is 6.29 Å². The molecule has 1 aromatic rings. The number of nitrogens with zero attached hydrogens (tertiary/aromatic N) is 1. The van der Waals surface area contributed by atoms with Crippen LogP contribution in [0, 0.1) is 5.92 Å². The van der Waals surface area contributed by atoms with Gasteiger partial charge in [0.05, 0.1) is 18.5 Å². The molecule has 1 aromatic carbocycles. The van der Waals surface area contributed by atoms with Crippen LogP contribution in [0.2, 0.25) is 0 Å². The number of rotatable bonds is 8. The van der Waals surface area contributed by atoms with Gasteiger partial charge in [0.2, 0.25) is 0 Å². The number of hydrazine groups is 1. The second kappa shape index (κ2) is 13.2. The van der Waals surface area contributed by atoms with Crippen molar-refractivity contribution in [1.82, 2.24) is 5.01 Å². The summed E-state index contributed by atoms with van der Waals surface area (Å²) in [6.07, 6.45) is 0.287. The summed E-state index contributed by atoms with van der Waals surface area (Å²) in [4.78, 5) is 44.8. The number of benzene rings is 1. The zero-order valence-electron chi connectivity index (χ0n) is 15.9. The third-order valence-corrected chi connectivity index (χ3v) is 3.48. The van der Waals surface area contributed by atoms with Crippen LogP contribution in [0.5, 0.6) is 0 Å². The molecule has 0 aliphatic carbocycles. The van der Waals surface area contributed by atoms with Crippen LogP contribution >= 0.6 is 0 Å². The van der Waals surface area contributed by atoms with E-state index >= 15 is 0 Å². The standard InChI is InChI=1S/C17H20N2O6.2Na/c1-10(2)14(17(24)25)13(16(22)23)9-11-3-5-12(6-4-11)15(21)19(18)7-8-20;;/h3-6,8,10H,7,9,18H2,1-2H3,(H,22,23)(H,24,25);;/q;2*+1/p-2. The summed E-state index contributed by atoms with van der Waals surface area (Å²) in [7, 11) is 0. The molecule has 0 heterocycles. The van der Waals surface area contributed by atoms with Crippen LogP contribution in [0.3, 0.4) is 0 Å². The van der Waals surface area contributed by atoms with Crippen LogP contribution in [0.15, 0.2) is 35.4 Å². The van der Waals surface area contributed by atoms with Crippen molar-refractivity contribution in [3.8, 4) is 0 Å². The average Bonchev–Trinajstić information content (AvgIpc) is 2.53. The van der Waals surface area contributed by atoms with Gasteiger partial charge in [0.25, 0.3) is 5.91 Å². The molecular weight excluding hydrogens is 374 g/mol. The van der Waals surface area contributed by atoms with Gasteiger partial charge >= 0.3 is 59.1 Å². The van der Waals surface area contributed by atoms with Crippen LogP contribution in [0.25, 0.3) is 0 Å². The molecule has 0 aromatic heterocycles. The first-order valence-electron chi connectivity index (χ1n) is 7.43. The maximum Gasteiger partial charge on any atom is 1.00 e. The zero-order chi connectivity index (χ0) is 19.1. The maximum absolute atomic E-state index is 11.9. The third-order valence-electron chi connectivity index (χ3n) is 3.48. The average molecular weight is 392 g/mol. The van der Waals surface area contributed by atoms with Gasteiger partial charge in [-0.1, -0.05) is 26.0 Å². The Morgan fingerprint density at radius 3 is 1.96 bits per heavy atom. The number of carboxylic acids is 2. The van der Waals surface area contributed by atoms with Crippen molar-refractivity contribution in [2.75, 3.05) is 6.54 Å². The largest absolute Gasteiger partial charge is 1.00 e. The Labute approximate surface area is 201 Å². The summed E-state index contributed by atoms with van der Waals surface area (Å²) >= 11 is 0. The molecule has 134 valence electrons. The first kappa shape index (κ1) is 28.2. The van der Waals surface area contributed by atoms with Gasteiger partial charge in [-0.3, -0.25) is 9.80 Å². The molecule has 0 spiro atoms. The van der Waals surface area contributed by atoms with Gasteiger partial charge in [-0.25, -0.2) is 5.84 Å². The van der Waals surface area contributed by atoms with Crippen molar-refractivity contribution in [3.05, 3.63) is 46.5 Å². The number of carboxylic acid groups (broad SMARTS) is 2. The molecule has 1 rings (SSSR count). The molecule has 0 saturated heterocycles. The predicted octanol–water partition coefficient (Wildman–Crippen LogP) is -7.80. The van der Waals surface area contributed by atoms with E-state index in [-0.39, 0.29) is 88.8 Å². The molecule has 0 radical (unpaired) electrons. The molecule has 0 unspecified atom stereocenters. The van der Waals surface area contributed by atoms with Crippen LogP contribution < -0.4 is 75.2 Å². The van der Waals surface area contributed by atoms with Crippen LogP contribution in [-0.2, 0) is 20.8 Å². The smallest absolute Gasteiger partial charge is 0.545 e. The zero-order valence-corrected chi connectivity index (χ0v) is 19.9. The van der Waals surface area contributed by atoms with Crippen molar-refractivity contribution in [2.24, 2.45) is 11.8 Å². The van der Waals surface area contributed by atoms with Crippen LogP contribution in [-0.4, -0.2) is 35.7 Å². The second-order valence-electron chi connectivity index (χ2n) is 5.62. The molecule has 2 N–H and O–H groups in total. The summed E-state index contributed by atoms with van der Waals surface area (Å²) < 4.78 is 0. The maximum atomic E-state index is 11.9. The van der Waals surface area contributed by atoms with E-state index in [4.69, 9.17) is 5.84 Å². The topological polar surface area (TPSA) is 144 Å². The molecule has 0 bridgehead atoms. The molecule has 0 aliphatic heterocycles. The number of carbonyl (C=O) groups is 4. The number of aldehydes is 1. The van der Waals surface area contributed by atoms with Gasteiger partial charge in [-0.2, -0.15) is 0 Å². The molecular formula is C17H18N2Na2O6. The monoisotopic (exact) mass is 392 g/mol. The third kappa shape index (κ3) is 8.27. The Morgan fingerprint density at radius 1 is 1.07 bits per heavy atom. The van der Waals surface area contributed by atoms with Crippen molar-refractivity contribution in [3.63, 3.8) is 0 Å². The quantitative estimate of drug-likeness (QED) is 0.116. The van der Waals surface area contributed by atoms with Crippen molar-refractivity contribution < 1.29 is 88.5 Å². The van der Waals surface area contributed by atoms with E-state index in [1.165, 1.54) is 24.3 Å². The van der Waals surface area contributed by atoms with Gasteiger partial charge in [0.15, 0.2) is 0 Å². The first-order chi connectivity index (χ1) is 11.7. The van der Waals surface area contributed by atoms with E-state index in [9.17, 15) is 29.4 Å². The van der Waals surface area contributed by atoms with E-state index in [2.05, 4.69) is 0 Å². The summed E-state index contributed by atoms with van der Waals surface area (Å²) in [5, 5.41) is 23.3. The van der Waals surface area contributed by atoms with Gasteiger partial charge in [-0.05, 0) is 41.2 Å². The van der Waals surface area contributed by atoms with E-state index in [1.807, 2.05) is 0 Å². The van der Waals surface area contributed by atoms with E-state index in [0.717, 1.165) is 5.01 Å². The van der Waals surface area contributed by atoms with Crippen molar-refractivity contribution >= 4 is 24.1 Å². The summed E-state index contributed by atoms with van der Waals surface area (Å²) in [5.74, 6) is 1.12. The fourth-order valence-electron chi connectivity index (χ4n) is 2.28. The Morgan fingerprint density at radius 2 is 1.59 bits per heavy atom. The fourth-order valence-corrected chi connectivity index (χ4v) is 2.28. The Hall–Kier alpha value is -1.00. The Bertz CT molecular complexity index is 717. The number of nitrogens with two attached hydrogens (primary N) is 1. The minimum Gasteiger partial charge on any atom is -0.545 e. The molecule has 0 atom stereocenters. The molecule has 0 aliphatic rings. The molecule has 0 saturated carbocycles. The SMILES string of the molecule is CC(C)C(C(=O)[O-])=C(Cc1ccc(C(=O)N(N)CC=O)cc1)C(=O)[O-].[Na+].[Na+]. The van der Waals surface area contributed by atoms with E-state index < -0.39 is 23.8 Å². The number of amides is 1. The molecule has 10 heteroatoms. The predicted molar refractivity (Wildman–Crippen MR) is 83.3 cm³/mol. The molecule has 0 fully saturated rings. The second-order valence-corrected chi connectivity index (χ2v) is 5.62. The van der Waals surface area contributed by atoms with Crippen LogP contribution in [0.4, 0.5) is 0 Å². The Balaban J connectivity index is 0. The molecule has 8 nitrogen and oxygen atoms in total. The Kier molecular flexibility index (Phi) is 13.8. The fraction of sp³-hybridized carbons (Fsp3) is 0.294. The van der Waals surface area contributed by atoms with Gasteiger partial charge in [0, 0.05) is 5.56 Å². The summed E-state index contributed by atoms with van der Waals surface area (Å²) in [6, 6.07) is 5.75. The number of hydrogen-bond donors (Lipinski definition) is 1. The molecule has 27 heavy (non-hydrogen) atoms. The summed E-state index contributed by atoms with van der Waals surface area (Å²) in [5.41, 5.74) is -0.0417. The van der Waals surface area contributed by atoms with E-state index in [1.54, 1.807) is 13.8 Å². The number of carbonyl (C=O) groups excluding carboxylic acids is 4. The normalized spacial score (nSPS) is 10.8. The van der Waals surface area contributed by atoms with Crippen molar-refractivity contribution in [1.29, 1.82) is 0 Å². The number of hydrogen-bond acceptors (Lipinski definition) is 7. The van der Waals surface area contributed by atoms with Crippen LogP contribution in [0.1, 0.15) is 29.8 Å². The first-order valence-corrected chi connectivity index (χ1v) is 7.43. The van der Waals surface area contributed by atoms with E-state index in [0.29, 0.717) is 11.8 Å². The number of aliphatic carboxylic acids is 2. The van der Waals surface area contributed by atoms with Gasteiger partial charge in [-0.15, -0.1) is 0 Å². The minimum absolute atomic E-state index is 0. The minimum atomic E-state index is -1.59. The van der Waals surface area contributed by atoms with Crippen molar-refractivity contribution in [2.45, 2.75) is 20.3 Å². The van der Waals surface area contributed by atoms with Gasteiger partial charge < -0.3 is 24.6 Å². The molecule has 1 amide bonds. The summed E-state index contributed by atoms with van der Waals surface area (Å²) in [6.45, 7) is 2.82.